The summed E-state index contributed by atoms with van der Waals surface area (Å²) in [5, 5.41) is 5.72. The average Bonchev–Trinajstić information content (AvgIpc) is 3.40. The predicted octanol–water partition coefficient (Wildman–Crippen LogP) is 10.4. The summed E-state index contributed by atoms with van der Waals surface area (Å²) in [7, 11) is 0. The molecule has 0 aliphatic carbocycles. The van der Waals surface area contributed by atoms with Crippen LogP contribution in [0.2, 0.25) is 0 Å². The molecule has 248 valence electrons. The lowest BCUT2D eigenvalue weighted by Crippen LogP contribution is -2.36. The molecule has 0 aromatic carbocycles. The Labute approximate surface area is 267 Å². The Hall–Kier alpha value is -0.910. The summed E-state index contributed by atoms with van der Waals surface area (Å²) in [5.41, 5.74) is 0. The first-order valence-corrected chi connectivity index (χ1v) is 19.3. The third-order valence-corrected chi connectivity index (χ3v) is 9.28. The maximum Gasteiger partial charge on any atom is 0.317 e. The van der Waals surface area contributed by atoms with E-state index in [4.69, 9.17) is 0 Å². The Bertz CT molecular complexity index is 604. The summed E-state index contributed by atoms with van der Waals surface area (Å²) in [6, 6.07) is -0.0146. The second-order valence-electron chi connectivity index (χ2n) is 12.9. The summed E-state index contributed by atoms with van der Waals surface area (Å²) in [5.74, 6) is 1.18. The number of unbranched alkanes of at least 4 members (excludes halogenated alkanes) is 27. The summed E-state index contributed by atoms with van der Waals surface area (Å²) in [6.07, 6.45) is 39.6. The van der Waals surface area contributed by atoms with Crippen LogP contribution >= 0.6 is 12.6 Å². The van der Waals surface area contributed by atoms with Crippen molar-refractivity contribution in [2.24, 2.45) is 0 Å². The van der Waals surface area contributed by atoms with Gasteiger partial charge in [0.1, 0.15) is 0 Å². The standard InChI is InChI=1S/C36H71N3O2S/c40-35(37-30-32-39-33-31-38-36(39)41)29-27-25-23-21-19-17-15-13-11-9-7-5-3-1-2-4-6-8-10-12-14-16-18-20-22-24-26-28-34-42/h42H,1-34H2,(H,37,40)(H,38,41). The fourth-order valence-electron chi connectivity index (χ4n) is 6.14. The molecule has 0 saturated carbocycles. The highest BCUT2D eigenvalue weighted by Gasteiger charge is 2.18. The Morgan fingerprint density at radius 1 is 0.571 bits per heavy atom. The normalized spacial score (nSPS) is 13.2. The Morgan fingerprint density at radius 2 is 0.905 bits per heavy atom. The van der Waals surface area contributed by atoms with Crippen molar-refractivity contribution in [1.82, 2.24) is 15.5 Å². The van der Waals surface area contributed by atoms with Gasteiger partial charge in [-0.15, -0.1) is 0 Å². The third kappa shape index (κ3) is 26.7. The van der Waals surface area contributed by atoms with Crippen LogP contribution in [-0.2, 0) is 4.79 Å². The Balaban J connectivity index is 1.65. The van der Waals surface area contributed by atoms with Crippen LogP contribution in [0.4, 0.5) is 4.79 Å². The summed E-state index contributed by atoms with van der Waals surface area (Å²) < 4.78 is 0. The van der Waals surface area contributed by atoms with Crippen LogP contribution in [0.3, 0.4) is 0 Å². The minimum Gasteiger partial charge on any atom is -0.354 e. The van der Waals surface area contributed by atoms with Crippen LogP contribution in [0, 0.1) is 0 Å². The molecule has 0 spiro atoms. The zero-order valence-corrected chi connectivity index (χ0v) is 28.6. The fraction of sp³-hybridized carbons (Fsp3) is 0.944. The average molecular weight is 610 g/mol. The molecule has 1 fully saturated rings. The van der Waals surface area contributed by atoms with Crippen molar-refractivity contribution in [2.45, 2.75) is 186 Å². The molecule has 1 saturated heterocycles. The lowest BCUT2D eigenvalue weighted by atomic mass is 10.0. The summed E-state index contributed by atoms with van der Waals surface area (Å²) in [4.78, 5) is 25.1. The van der Waals surface area contributed by atoms with Crippen LogP contribution < -0.4 is 10.6 Å². The van der Waals surface area contributed by atoms with Gasteiger partial charge in [-0.05, 0) is 18.6 Å². The quantitative estimate of drug-likeness (QED) is 0.0512. The third-order valence-electron chi connectivity index (χ3n) is 8.96. The SMILES string of the molecule is O=C(CCCCCCCCCCCCCCCCCCCCCCCCCCCCCCS)NCCN1CCNC1=O. The number of hydrogen-bond acceptors (Lipinski definition) is 3. The first-order chi connectivity index (χ1) is 20.7. The second kappa shape index (κ2) is 31.5. The molecule has 3 amide bonds. The van der Waals surface area contributed by atoms with E-state index in [2.05, 4.69) is 23.3 Å². The molecule has 1 heterocycles. The van der Waals surface area contributed by atoms with Crippen molar-refractivity contribution in [3.05, 3.63) is 0 Å². The molecule has 5 nitrogen and oxygen atoms in total. The van der Waals surface area contributed by atoms with Crippen molar-refractivity contribution in [3.8, 4) is 0 Å². The van der Waals surface area contributed by atoms with Crippen LogP contribution in [0.15, 0.2) is 0 Å². The van der Waals surface area contributed by atoms with Crippen LogP contribution in [0.5, 0.6) is 0 Å². The number of urea groups is 1. The molecule has 0 aromatic heterocycles. The molecule has 42 heavy (non-hydrogen) atoms. The van der Waals surface area contributed by atoms with Crippen molar-refractivity contribution in [2.75, 3.05) is 31.9 Å². The van der Waals surface area contributed by atoms with E-state index in [-0.39, 0.29) is 11.9 Å². The number of carbonyl (C=O) groups is 2. The van der Waals surface area contributed by atoms with Crippen molar-refractivity contribution in [3.63, 3.8) is 0 Å². The Kier molecular flexibility index (Phi) is 29.3. The molecule has 0 atom stereocenters. The molecule has 0 radical (unpaired) electrons. The van der Waals surface area contributed by atoms with Gasteiger partial charge in [0.05, 0.1) is 0 Å². The van der Waals surface area contributed by atoms with Crippen LogP contribution in [0.1, 0.15) is 186 Å². The lowest BCUT2D eigenvalue weighted by molar-refractivity contribution is -0.121. The zero-order valence-electron chi connectivity index (χ0n) is 27.8. The van der Waals surface area contributed by atoms with Gasteiger partial charge in [0, 0.05) is 32.6 Å². The van der Waals surface area contributed by atoms with E-state index < -0.39 is 0 Å². The number of thiol groups is 1. The van der Waals surface area contributed by atoms with Crippen molar-refractivity contribution < 1.29 is 9.59 Å². The van der Waals surface area contributed by atoms with E-state index >= 15 is 0 Å². The summed E-state index contributed by atoms with van der Waals surface area (Å²) in [6.45, 7) is 2.62. The van der Waals surface area contributed by atoms with Gasteiger partial charge < -0.3 is 15.5 Å². The number of carbonyl (C=O) groups excluding carboxylic acids is 2. The highest BCUT2D eigenvalue weighted by molar-refractivity contribution is 7.80. The largest absolute Gasteiger partial charge is 0.354 e. The molecular weight excluding hydrogens is 538 g/mol. The number of amides is 3. The minimum atomic E-state index is -0.0146. The van der Waals surface area contributed by atoms with E-state index in [9.17, 15) is 9.59 Å². The first-order valence-electron chi connectivity index (χ1n) is 18.6. The topological polar surface area (TPSA) is 61.4 Å². The second-order valence-corrected chi connectivity index (χ2v) is 13.4. The molecule has 6 heteroatoms. The number of hydrogen-bond donors (Lipinski definition) is 3. The van der Waals surface area contributed by atoms with Gasteiger partial charge in [0.2, 0.25) is 5.91 Å². The van der Waals surface area contributed by atoms with E-state index in [1.165, 1.54) is 167 Å². The van der Waals surface area contributed by atoms with Gasteiger partial charge in [-0.25, -0.2) is 4.79 Å². The molecule has 0 unspecified atom stereocenters. The smallest absolute Gasteiger partial charge is 0.317 e. The van der Waals surface area contributed by atoms with E-state index in [1.807, 2.05) is 0 Å². The van der Waals surface area contributed by atoms with Gasteiger partial charge >= 0.3 is 6.03 Å². The van der Waals surface area contributed by atoms with Crippen molar-refractivity contribution in [1.29, 1.82) is 0 Å². The molecule has 2 N–H and O–H groups in total. The molecular formula is C36H71N3O2S. The van der Waals surface area contributed by atoms with E-state index in [1.54, 1.807) is 4.90 Å². The number of nitrogens with zero attached hydrogens (tertiary/aromatic N) is 1. The first kappa shape index (κ1) is 39.1. The lowest BCUT2D eigenvalue weighted by Gasteiger charge is -2.14. The van der Waals surface area contributed by atoms with Crippen molar-refractivity contribution >= 4 is 24.6 Å². The molecule has 0 aromatic rings. The van der Waals surface area contributed by atoms with E-state index in [0.717, 1.165) is 25.1 Å². The van der Waals surface area contributed by atoms with Gasteiger partial charge in [-0.2, -0.15) is 12.6 Å². The summed E-state index contributed by atoms with van der Waals surface area (Å²) >= 11 is 4.28. The zero-order chi connectivity index (χ0) is 30.2. The van der Waals surface area contributed by atoms with E-state index in [0.29, 0.717) is 26.1 Å². The molecule has 1 aliphatic rings. The van der Waals surface area contributed by atoms with Crippen LogP contribution in [0.25, 0.3) is 0 Å². The van der Waals surface area contributed by atoms with Crippen LogP contribution in [-0.4, -0.2) is 48.8 Å². The minimum absolute atomic E-state index is 0.0146. The fourth-order valence-corrected chi connectivity index (χ4v) is 6.36. The predicted molar refractivity (Wildman–Crippen MR) is 186 cm³/mol. The Morgan fingerprint density at radius 3 is 1.21 bits per heavy atom. The maximum absolute atomic E-state index is 11.9. The maximum atomic E-state index is 11.9. The van der Waals surface area contributed by atoms with Gasteiger partial charge in [0.25, 0.3) is 0 Å². The number of nitrogens with one attached hydrogen (secondary N) is 2. The van der Waals surface area contributed by atoms with Gasteiger partial charge in [-0.1, -0.05) is 167 Å². The number of rotatable bonds is 33. The van der Waals surface area contributed by atoms with Gasteiger partial charge in [-0.3, -0.25) is 4.79 Å². The van der Waals surface area contributed by atoms with Gasteiger partial charge in [0.15, 0.2) is 0 Å². The molecule has 1 rings (SSSR count). The molecule has 0 bridgehead atoms. The monoisotopic (exact) mass is 610 g/mol. The highest BCUT2D eigenvalue weighted by Crippen LogP contribution is 2.16. The molecule has 1 aliphatic heterocycles. The highest BCUT2D eigenvalue weighted by atomic mass is 32.1.